The zero-order valence-electron chi connectivity index (χ0n) is 8.96. The van der Waals surface area contributed by atoms with Crippen LogP contribution >= 0.6 is 15.9 Å². The molecule has 2 nitrogen and oxygen atoms in total. The van der Waals surface area contributed by atoms with Crippen molar-refractivity contribution in [3.05, 3.63) is 34.1 Å². The number of hydrogen-bond acceptors (Lipinski definition) is 2. The second-order valence-corrected chi connectivity index (χ2v) is 5.01. The third kappa shape index (κ3) is 2.81. The second-order valence-electron chi connectivity index (χ2n) is 4.22. The molecule has 88 valence electrons. The molecule has 0 aromatic heterocycles. The van der Waals surface area contributed by atoms with Gasteiger partial charge in [0.15, 0.2) is 0 Å². The zero-order valence-corrected chi connectivity index (χ0v) is 10.5. The first-order valence-corrected chi connectivity index (χ1v) is 6.26. The average molecular weight is 288 g/mol. The van der Waals surface area contributed by atoms with E-state index in [1.807, 2.05) is 6.07 Å². The Morgan fingerprint density at radius 3 is 2.94 bits per heavy atom. The summed E-state index contributed by atoms with van der Waals surface area (Å²) in [7, 11) is 0. The maximum absolute atomic E-state index is 13.2. The van der Waals surface area contributed by atoms with Crippen molar-refractivity contribution in [2.24, 2.45) is 5.73 Å². The van der Waals surface area contributed by atoms with Crippen LogP contribution in [0.4, 0.5) is 4.39 Å². The van der Waals surface area contributed by atoms with Crippen LogP contribution < -0.4 is 5.73 Å². The van der Waals surface area contributed by atoms with E-state index in [-0.39, 0.29) is 18.0 Å². The van der Waals surface area contributed by atoms with Crippen LogP contribution in [0.1, 0.15) is 24.8 Å². The summed E-state index contributed by atoms with van der Waals surface area (Å²) >= 11 is 3.22. The van der Waals surface area contributed by atoms with Gasteiger partial charge in [0.1, 0.15) is 5.82 Å². The molecule has 1 aliphatic rings. The van der Waals surface area contributed by atoms with Crippen molar-refractivity contribution in [1.29, 1.82) is 0 Å². The van der Waals surface area contributed by atoms with Crippen LogP contribution in [0.25, 0.3) is 0 Å². The van der Waals surface area contributed by atoms with E-state index in [0.29, 0.717) is 11.1 Å². The molecular weight excluding hydrogens is 273 g/mol. The molecule has 1 fully saturated rings. The van der Waals surface area contributed by atoms with E-state index in [4.69, 9.17) is 10.5 Å². The molecule has 0 spiro atoms. The Labute approximate surface area is 103 Å². The third-order valence-electron chi connectivity index (χ3n) is 2.93. The lowest BCUT2D eigenvalue weighted by Crippen LogP contribution is -2.17. The predicted molar refractivity (Wildman–Crippen MR) is 64.5 cm³/mol. The number of halogens is 2. The molecule has 4 heteroatoms. The first-order valence-electron chi connectivity index (χ1n) is 5.47. The second kappa shape index (κ2) is 5.25. The fourth-order valence-corrected chi connectivity index (χ4v) is 2.37. The molecule has 0 bridgehead atoms. The summed E-state index contributed by atoms with van der Waals surface area (Å²) in [5.41, 5.74) is 6.65. The molecule has 0 radical (unpaired) electrons. The van der Waals surface area contributed by atoms with E-state index in [0.717, 1.165) is 24.8 Å². The highest BCUT2D eigenvalue weighted by atomic mass is 79.9. The minimum Gasteiger partial charge on any atom is -0.373 e. The van der Waals surface area contributed by atoms with Gasteiger partial charge in [0.2, 0.25) is 0 Å². The van der Waals surface area contributed by atoms with Crippen LogP contribution in [0.15, 0.2) is 22.7 Å². The molecule has 1 aliphatic carbocycles. The van der Waals surface area contributed by atoms with Crippen molar-refractivity contribution in [1.82, 2.24) is 0 Å². The topological polar surface area (TPSA) is 35.2 Å². The van der Waals surface area contributed by atoms with E-state index < -0.39 is 0 Å². The highest BCUT2D eigenvalue weighted by Crippen LogP contribution is 2.25. The standard InChI is InChI=1S/C12H15BrFNO/c13-12-8(2-1-3-11(12)14)7-16-10-5-4-9(15)6-10/h1-3,9-10H,4-7,15H2. The van der Waals surface area contributed by atoms with Gasteiger partial charge in [-0.3, -0.25) is 0 Å². The van der Waals surface area contributed by atoms with Gasteiger partial charge in [-0.15, -0.1) is 0 Å². The number of rotatable bonds is 3. The highest BCUT2D eigenvalue weighted by Gasteiger charge is 2.22. The Bertz CT molecular complexity index is 372. The molecule has 0 heterocycles. The molecule has 2 rings (SSSR count). The van der Waals surface area contributed by atoms with Crippen LogP contribution in [-0.4, -0.2) is 12.1 Å². The van der Waals surface area contributed by atoms with Gasteiger partial charge in [-0.2, -0.15) is 0 Å². The van der Waals surface area contributed by atoms with Crippen LogP contribution in [0.5, 0.6) is 0 Å². The lowest BCUT2D eigenvalue weighted by molar-refractivity contribution is 0.0444. The first kappa shape index (κ1) is 12.0. The minimum atomic E-state index is -0.246. The third-order valence-corrected chi connectivity index (χ3v) is 3.82. The van der Waals surface area contributed by atoms with Gasteiger partial charge in [0.25, 0.3) is 0 Å². The van der Waals surface area contributed by atoms with Gasteiger partial charge >= 0.3 is 0 Å². The Balaban J connectivity index is 1.92. The van der Waals surface area contributed by atoms with E-state index in [1.54, 1.807) is 6.07 Å². The SMILES string of the molecule is NC1CCC(OCc2cccc(F)c2Br)C1. The summed E-state index contributed by atoms with van der Waals surface area (Å²) in [6.07, 6.45) is 3.17. The molecule has 16 heavy (non-hydrogen) atoms. The molecule has 1 aromatic carbocycles. The van der Waals surface area contributed by atoms with Crippen LogP contribution in [0.3, 0.4) is 0 Å². The molecule has 0 amide bonds. The Hall–Kier alpha value is -0.450. The lowest BCUT2D eigenvalue weighted by Gasteiger charge is -2.12. The summed E-state index contributed by atoms with van der Waals surface area (Å²) < 4.78 is 19.4. The van der Waals surface area contributed by atoms with Gasteiger partial charge in [-0.25, -0.2) is 4.39 Å². The van der Waals surface area contributed by atoms with Gasteiger partial charge in [-0.1, -0.05) is 12.1 Å². The van der Waals surface area contributed by atoms with Crippen LogP contribution in [0, 0.1) is 5.82 Å². The summed E-state index contributed by atoms with van der Waals surface area (Å²) in [4.78, 5) is 0. The molecule has 1 aromatic rings. The van der Waals surface area contributed by atoms with E-state index >= 15 is 0 Å². The number of ether oxygens (including phenoxy) is 1. The maximum Gasteiger partial charge on any atom is 0.137 e. The fraction of sp³-hybridized carbons (Fsp3) is 0.500. The molecule has 2 unspecified atom stereocenters. The number of nitrogens with two attached hydrogens (primary N) is 1. The highest BCUT2D eigenvalue weighted by molar-refractivity contribution is 9.10. The smallest absolute Gasteiger partial charge is 0.137 e. The van der Waals surface area contributed by atoms with Crippen molar-refractivity contribution >= 4 is 15.9 Å². The Morgan fingerprint density at radius 2 is 2.25 bits per heavy atom. The summed E-state index contributed by atoms with van der Waals surface area (Å²) in [6, 6.07) is 5.25. The van der Waals surface area contributed by atoms with Crippen molar-refractivity contribution < 1.29 is 9.13 Å². The molecule has 0 saturated heterocycles. The molecule has 1 saturated carbocycles. The van der Waals surface area contributed by atoms with Crippen molar-refractivity contribution in [2.45, 2.75) is 38.0 Å². The van der Waals surface area contributed by atoms with Crippen molar-refractivity contribution in [3.63, 3.8) is 0 Å². The van der Waals surface area contributed by atoms with Crippen molar-refractivity contribution in [3.8, 4) is 0 Å². The molecule has 2 N–H and O–H groups in total. The first-order chi connectivity index (χ1) is 7.66. The summed E-state index contributed by atoms with van der Waals surface area (Å²) in [5.74, 6) is -0.246. The van der Waals surface area contributed by atoms with Gasteiger partial charge in [-0.05, 0) is 46.8 Å². The number of hydrogen-bond donors (Lipinski definition) is 1. The molecule has 2 atom stereocenters. The molecular formula is C12H15BrFNO. The monoisotopic (exact) mass is 287 g/mol. The molecule has 0 aliphatic heterocycles. The lowest BCUT2D eigenvalue weighted by atomic mass is 10.2. The van der Waals surface area contributed by atoms with E-state index in [1.165, 1.54) is 6.07 Å². The normalized spacial score (nSPS) is 24.9. The summed E-state index contributed by atoms with van der Waals surface area (Å²) in [5, 5.41) is 0. The zero-order chi connectivity index (χ0) is 11.5. The largest absolute Gasteiger partial charge is 0.373 e. The van der Waals surface area contributed by atoms with Crippen molar-refractivity contribution in [2.75, 3.05) is 0 Å². The van der Waals surface area contributed by atoms with E-state index in [9.17, 15) is 4.39 Å². The van der Waals surface area contributed by atoms with Gasteiger partial charge < -0.3 is 10.5 Å². The summed E-state index contributed by atoms with van der Waals surface area (Å²) in [6.45, 7) is 0.440. The van der Waals surface area contributed by atoms with Gasteiger partial charge in [0.05, 0.1) is 17.2 Å². The maximum atomic E-state index is 13.2. The quantitative estimate of drug-likeness (QED) is 0.928. The van der Waals surface area contributed by atoms with Crippen LogP contribution in [0.2, 0.25) is 0 Å². The predicted octanol–water partition coefficient (Wildman–Crippen LogP) is 2.98. The minimum absolute atomic E-state index is 0.227. The Kier molecular flexibility index (Phi) is 3.95. The van der Waals surface area contributed by atoms with E-state index in [2.05, 4.69) is 15.9 Å². The van der Waals surface area contributed by atoms with Gasteiger partial charge in [0, 0.05) is 6.04 Å². The number of benzene rings is 1. The fourth-order valence-electron chi connectivity index (χ4n) is 1.99. The van der Waals surface area contributed by atoms with Crippen LogP contribution in [-0.2, 0) is 11.3 Å². The Morgan fingerprint density at radius 1 is 1.44 bits per heavy atom. The average Bonchev–Trinajstić information content (AvgIpc) is 2.67.